The number of amides is 2. The van der Waals surface area contributed by atoms with Crippen LogP contribution in [0.15, 0.2) is 28.8 Å². The first-order chi connectivity index (χ1) is 14.2. The molecular formula is C20H25N3O6S. The van der Waals surface area contributed by atoms with Crippen LogP contribution in [0.4, 0.5) is 0 Å². The minimum atomic E-state index is -3.08. The molecule has 10 heteroatoms. The van der Waals surface area contributed by atoms with Crippen molar-refractivity contribution < 1.29 is 27.3 Å². The molecule has 30 heavy (non-hydrogen) atoms. The number of carbonyl (C=O) groups is 2. The summed E-state index contributed by atoms with van der Waals surface area (Å²) in [6.45, 7) is 5.77. The number of rotatable bonds is 6. The molecule has 2 heterocycles. The van der Waals surface area contributed by atoms with Crippen molar-refractivity contribution in [3.05, 3.63) is 46.8 Å². The van der Waals surface area contributed by atoms with Crippen LogP contribution in [-0.2, 0) is 21.2 Å². The summed E-state index contributed by atoms with van der Waals surface area (Å²) in [5.41, 5.74) is 1.96. The van der Waals surface area contributed by atoms with E-state index in [0.29, 0.717) is 17.1 Å². The van der Waals surface area contributed by atoms with E-state index in [1.807, 2.05) is 6.92 Å². The van der Waals surface area contributed by atoms with Crippen LogP contribution < -0.4 is 10.1 Å². The van der Waals surface area contributed by atoms with E-state index in [1.54, 1.807) is 38.1 Å². The number of hydrogen-bond donors (Lipinski definition) is 1. The molecule has 1 aliphatic heterocycles. The smallest absolute Gasteiger partial charge is 0.252 e. The lowest BCUT2D eigenvalue weighted by molar-refractivity contribution is -0.132. The van der Waals surface area contributed by atoms with Crippen LogP contribution in [0, 0.1) is 13.8 Å². The van der Waals surface area contributed by atoms with E-state index in [2.05, 4.69) is 10.5 Å². The fourth-order valence-electron chi connectivity index (χ4n) is 3.14. The number of carbonyl (C=O) groups excluding carboxylic acids is 2. The zero-order valence-electron chi connectivity index (χ0n) is 17.2. The van der Waals surface area contributed by atoms with Crippen molar-refractivity contribution >= 4 is 21.7 Å². The Morgan fingerprint density at radius 1 is 1.27 bits per heavy atom. The van der Waals surface area contributed by atoms with Gasteiger partial charge in [0.2, 0.25) is 5.91 Å². The second kappa shape index (κ2) is 8.86. The van der Waals surface area contributed by atoms with E-state index in [0.717, 1.165) is 11.3 Å². The minimum absolute atomic E-state index is 0.0517. The van der Waals surface area contributed by atoms with Gasteiger partial charge in [-0.3, -0.25) is 9.59 Å². The molecule has 2 aromatic rings. The first-order valence-electron chi connectivity index (χ1n) is 9.61. The maximum atomic E-state index is 12.6. The van der Waals surface area contributed by atoms with Gasteiger partial charge in [-0.1, -0.05) is 11.2 Å². The van der Waals surface area contributed by atoms with E-state index in [9.17, 15) is 18.0 Å². The molecule has 0 spiro atoms. The maximum Gasteiger partial charge on any atom is 0.252 e. The molecule has 1 N–H and O–H groups in total. The van der Waals surface area contributed by atoms with Gasteiger partial charge >= 0.3 is 0 Å². The van der Waals surface area contributed by atoms with E-state index in [-0.39, 0.29) is 37.1 Å². The summed E-state index contributed by atoms with van der Waals surface area (Å²) >= 11 is 0. The van der Waals surface area contributed by atoms with Gasteiger partial charge in [0.15, 0.2) is 9.84 Å². The third kappa shape index (κ3) is 5.18. The number of benzene rings is 1. The number of hydrogen-bond acceptors (Lipinski definition) is 7. The number of nitrogens with zero attached hydrogens (tertiary/aromatic N) is 2. The van der Waals surface area contributed by atoms with Crippen LogP contribution in [0.2, 0.25) is 0 Å². The van der Waals surface area contributed by atoms with Gasteiger partial charge in [-0.15, -0.1) is 0 Å². The molecule has 1 fully saturated rings. The normalized spacial score (nSPS) is 16.7. The predicted molar refractivity (Wildman–Crippen MR) is 109 cm³/mol. The summed E-state index contributed by atoms with van der Waals surface area (Å²) in [6.07, 6.45) is 0. The molecule has 1 aliphatic rings. The van der Waals surface area contributed by atoms with Gasteiger partial charge < -0.3 is 19.5 Å². The average molecular weight is 436 g/mol. The molecule has 3 rings (SSSR count). The summed E-state index contributed by atoms with van der Waals surface area (Å²) in [4.78, 5) is 26.6. The van der Waals surface area contributed by atoms with Crippen molar-refractivity contribution in [1.29, 1.82) is 0 Å². The van der Waals surface area contributed by atoms with Gasteiger partial charge in [0, 0.05) is 18.7 Å². The highest BCUT2D eigenvalue weighted by Crippen LogP contribution is 2.18. The van der Waals surface area contributed by atoms with Gasteiger partial charge in [0.05, 0.1) is 22.8 Å². The second-order valence-corrected chi connectivity index (χ2v) is 9.60. The highest BCUT2D eigenvalue weighted by Gasteiger charge is 2.28. The number of sulfone groups is 1. The van der Waals surface area contributed by atoms with Crippen molar-refractivity contribution in [3.8, 4) is 5.75 Å². The Bertz CT molecular complexity index is 1010. The fraction of sp³-hybridized carbons (Fsp3) is 0.450. The molecule has 162 valence electrons. The standard InChI is InChI=1S/C20H25N3O6S/c1-13-18(15(3)29-22-13)12-28-17-6-4-5-16(11-17)19(24)21-14(2)20(25)23-7-9-30(26,27)10-8-23/h4-6,11,14H,7-10,12H2,1-3H3,(H,21,24). The van der Waals surface area contributed by atoms with Crippen molar-refractivity contribution in [2.24, 2.45) is 0 Å². The predicted octanol–water partition coefficient (Wildman–Crippen LogP) is 1.25. The lowest BCUT2D eigenvalue weighted by Gasteiger charge is -2.29. The van der Waals surface area contributed by atoms with Crippen LogP contribution in [0.5, 0.6) is 5.75 Å². The van der Waals surface area contributed by atoms with Gasteiger partial charge in [0.1, 0.15) is 24.2 Å². The van der Waals surface area contributed by atoms with Crippen LogP contribution in [0.3, 0.4) is 0 Å². The summed E-state index contributed by atoms with van der Waals surface area (Å²) < 4.78 is 33.9. The maximum absolute atomic E-state index is 12.6. The summed E-state index contributed by atoms with van der Waals surface area (Å²) in [5, 5.41) is 6.55. The monoisotopic (exact) mass is 435 g/mol. The van der Waals surface area contributed by atoms with Crippen LogP contribution in [0.1, 0.15) is 34.3 Å². The number of nitrogens with one attached hydrogen (secondary N) is 1. The number of aryl methyl sites for hydroxylation is 2. The molecular weight excluding hydrogens is 410 g/mol. The van der Waals surface area contributed by atoms with Crippen molar-refractivity contribution in [1.82, 2.24) is 15.4 Å². The molecule has 1 aromatic heterocycles. The molecule has 1 atom stereocenters. The number of aromatic nitrogens is 1. The minimum Gasteiger partial charge on any atom is -0.489 e. The van der Waals surface area contributed by atoms with Gasteiger partial charge in [-0.25, -0.2) is 8.42 Å². The van der Waals surface area contributed by atoms with E-state index >= 15 is 0 Å². The highest BCUT2D eigenvalue weighted by atomic mass is 32.2. The molecule has 9 nitrogen and oxygen atoms in total. The Hall–Kier alpha value is -2.88. The summed E-state index contributed by atoms with van der Waals surface area (Å²) in [6, 6.07) is 5.88. The van der Waals surface area contributed by atoms with E-state index < -0.39 is 21.8 Å². The Balaban J connectivity index is 1.58. The second-order valence-electron chi connectivity index (χ2n) is 7.29. The topological polar surface area (TPSA) is 119 Å². The SMILES string of the molecule is Cc1noc(C)c1COc1cccc(C(=O)NC(C)C(=O)N2CCS(=O)(=O)CC2)c1. The Labute approximate surface area is 175 Å². The lowest BCUT2D eigenvalue weighted by atomic mass is 10.1. The first kappa shape index (κ1) is 21.8. The quantitative estimate of drug-likeness (QED) is 0.725. The molecule has 1 unspecified atom stereocenters. The molecule has 1 saturated heterocycles. The third-order valence-electron chi connectivity index (χ3n) is 5.03. The third-order valence-corrected chi connectivity index (χ3v) is 6.64. The van der Waals surface area contributed by atoms with Gasteiger partial charge in [-0.05, 0) is 39.0 Å². The van der Waals surface area contributed by atoms with Gasteiger partial charge in [-0.2, -0.15) is 0 Å². The lowest BCUT2D eigenvalue weighted by Crippen LogP contribution is -2.51. The fourth-order valence-corrected chi connectivity index (χ4v) is 4.34. The first-order valence-corrected chi connectivity index (χ1v) is 11.4. The van der Waals surface area contributed by atoms with Crippen molar-refractivity contribution in [3.63, 3.8) is 0 Å². The Morgan fingerprint density at radius 3 is 2.60 bits per heavy atom. The Kier molecular flexibility index (Phi) is 6.45. The molecule has 0 aliphatic carbocycles. The highest BCUT2D eigenvalue weighted by molar-refractivity contribution is 7.91. The zero-order valence-corrected chi connectivity index (χ0v) is 18.0. The van der Waals surface area contributed by atoms with Crippen LogP contribution >= 0.6 is 0 Å². The summed E-state index contributed by atoms with van der Waals surface area (Å²) in [5.74, 6) is 0.364. The van der Waals surface area contributed by atoms with Crippen LogP contribution in [0.25, 0.3) is 0 Å². The van der Waals surface area contributed by atoms with Crippen LogP contribution in [-0.4, -0.2) is 60.9 Å². The molecule has 0 saturated carbocycles. The van der Waals surface area contributed by atoms with E-state index in [1.165, 1.54) is 4.90 Å². The molecule has 0 bridgehead atoms. The largest absolute Gasteiger partial charge is 0.489 e. The average Bonchev–Trinajstić information content (AvgIpc) is 3.03. The van der Waals surface area contributed by atoms with Crippen molar-refractivity contribution in [2.75, 3.05) is 24.6 Å². The molecule has 1 aromatic carbocycles. The van der Waals surface area contributed by atoms with Gasteiger partial charge in [0.25, 0.3) is 5.91 Å². The summed E-state index contributed by atoms with van der Waals surface area (Å²) in [7, 11) is -3.08. The Morgan fingerprint density at radius 2 is 1.97 bits per heavy atom. The molecule has 0 radical (unpaired) electrons. The van der Waals surface area contributed by atoms with Crippen molar-refractivity contribution in [2.45, 2.75) is 33.4 Å². The number of ether oxygens (including phenoxy) is 1. The van der Waals surface area contributed by atoms with E-state index in [4.69, 9.17) is 9.26 Å². The molecule has 2 amide bonds. The zero-order chi connectivity index (χ0) is 21.9.